The summed E-state index contributed by atoms with van der Waals surface area (Å²) >= 11 is 7.45. The molecule has 0 saturated heterocycles. The van der Waals surface area contributed by atoms with Gasteiger partial charge in [-0.1, -0.05) is 23.4 Å². The first-order chi connectivity index (χ1) is 14.4. The minimum absolute atomic E-state index is 0.0732. The van der Waals surface area contributed by atoms with Crippen LogP contribution in [0.3, 0.4) is 0 Å². The van der Waals surface area contributed by atoms with Crippen molar-refractivity contribution in [3.05, 3.63) is 45.2 Å². The molecule has 0 saturated carbocycles. The number of hydrogen-bond acceptors (Lipinski definition) is 8. The highest BCUT2D eigenvalue weighted by molar-refractivity contribution is 7.98. The number of carbonyl (C=O) groups excluding carboxylic acids is 1. The molecule has 30 heavy (non-hydrogen) atoms. The van der Waals surface area contributed by atoms with Crippen molar-refractivity contribution in [1.82, 2.24) is 24.8 Å². The lowest BCUT2D eigenvalue weighted by molar-refractivity contribution is 0.0741. The first kappa shape index (κ1) is 21.8. The van der Waals surface area contributed by atoms with Crippen molar-refractivity contribution in [3.8, 4) is 11.5 Å². The molecular formula is C19H20ClN5O4S. The van der Waals surface area contributed by atoms with E-state index in [2.05, 4.69) is 19.9 Å². The monoisotopic (exact) mass is 449 g/mol. The quantitative estimate of drug-likeness (QED) is 0.433. The summed E-state index contributed by atoms with van der Waals surface area (Å²) in [6.45, 7) is 2.25. The number of fused-ring (bicyclic) bond motifs is 1. The Morgan fingerprint density at radius 2 is 1.93 bits per heavy atom. The summed E-state index contributed by atoms with van der Waals surface area (Å²) in [7, 11) is 2.99. The van der Waals surface area contributed by atoms with Crippen LogP contribution in [0.4, 0.5) is 0 Å². The number of rotatable bonds is 7. The van der Waals surface area contributed by atoms with Crippen LogP contribution >= 0.6 is 23.4 Å². The Bertz CT molecular complexity index is 1150. The average molecular weight is 450 g/mol. The number of aromatic amines is 1. The lowest BCUT2D eigenvalue weighted by Crippen LogP contribution is -2.33. The minimum Gasteiger partial charge on any atom is -0.493 e. The van der Waals surface area contributed by atoms with Crippen molar-refractivity contribution in [2.75, 3.05) is 27.0 Å². The largest absolute Gasteiger partial charge is 0.493 e. The molecule has 3 rings (SSSR count). The summed E-state index contributed by atoms with van der Waals surface area (Å²) in [5.74, 6) is 0.827. The topological polar surface area (TPSA) is 110 Å². The van der Waals surface area contributed by atoms with Gasteiger partial charge in [-0.05, 0) is 19.2 Å². The molecule has 9 nitrogen and oxygen atoms in total. The third kappa shape index (κ3) is 4.34. The highest BCUT2D eigenvalue weighted by Gasteiger charge is 2.21. The number of H-pyrrole nitrogens is 1. The summed E-state index contributed by atoms with van der Waals surface area (Å²) in [5.41, 5.74) is 0.191. The third-order valence-electron chi connectivity index (χ3n) is 4.38. The number of halogens is 1. The van der Waals surface area contributed by atoms with Crippen LogP contribution < -0.4 is 15.0 Å². The fourth-order valence-corrected chi connectivity index (χ4v) is 3.36. The molecule has 2 aromatic heterocycles. The molecule has 0 aliphatic carbocycles. The molecular weight excluding hydrogens is 430 g/mol. The fourth-order valence-electron chi connectivity index (χ4n) is 2.85. The Morgan fingerprint density at radius 3 is 2.57 bits per heavy atom. The minimum atomic E-state index is -0.379. The van der Waals surface area contributed by atoms with Gasteiger partial charge in [0.25, 0.3) is 11.5 Å². The van der Waals surface area contributed by atoms with Crippen LogP contribution in [0.2, 0.25) is 5.02 Å². The number of ether oxygens (including phenoxy) is 2. The normalized spacial score (nSPS) is 10.8. The highest BCUT2D eigenvalue weighted by Crippen LogP contribution is 2.30. The van der Waals surface area contributed by atoms with E-state index in [1.54, 1.807) is 12.1 Å². The molecule has 0 spiro atoms. The van der Waals surface area contributed by atoms with E-state index in [9.17, 15) is 9.59 Å². The Balaban J connectivity index is 1.97. The van der Waals surface area contributed by atoms with E-state index < -0.39 is 0 Å². The lowest BCUT2D eigenvalue weighted by atomic mass is 10.2. The van der Waals surface area contributed by atoms with E-state index in [4.69, 9.17) is 21.1 Å². The Hall–Kier alpha value is -2.85. The van der Waals surface area contributed by atoms with Crippen molar-refractivity contribution >= 4 is 40.2 Å². The predicted octanol–water partition coefficient (Wildman–Crippen LogP) is 2.77. The lowest BCUT2D eigenvalue weighted by Gasteiger charge is -2.20. The number of amides is 1. The number of nitrogens with one attached hydrogen (secondary N) is 1. The van der Waals surface area contributed by atoms with Crippen molar-refractivity contribution in [3.63, 3.8) is 0 Å². The molecule has 0 unspecified atom stereocenters. The second-order valence-electron chi connectivity index (χ2n) is 6.11. The summed E-state index contributed by atoms with van der Waals surface area (Å²) in [4.78, 5) is 42.5. The van der Waals surface area contributed by atoms with Gasteiger partial charge in [0.05, 0.1) is 42.9 Å². The zero-order valence-corrected chi connectivity index (χ0v) is 18.4. The Kier molecular flexibility index (Phi) is 6.78. The maximum Gasteiger partial charge on any atom is 0.274 e. The molecule has 1 amide bonds. The number of hydrogen-bond donors (Lipinski definition) is 1. The molecule has 11 heteroatoms. The summed E-state index contributed by atoms with van der Waals surface area (Å²) in [6, 6.07) is 3.19. The first-order valence-corrected chi connectivity index (χ1v) is 10.5. The van der Waals surface area contributed by atoms with Crippen LogP contribution in [-0.2, 0) is 6.54 Å². The van der Waals surface area contributed by atoms with Crippen LogP contribution in [0, 0.1) is 0 Å². The van der Waals surface area contributed by atoms with Gasteiger partial charge in [0.15, 0.2) is 22.3 Å². The van der Waals surface area contributed by atoms with Crippen molar-refractivity contribution in [2.24, 2.45) is 0 Å². The predicted molar refractivity (Wildman–Crippen MR) is 115 cm³/mol. The molecule has 0 bridgehead atoms. The van der Waals surface area contributed by atoms with Gasteiger partial charge in [-0.3, -0.25) is 9.59 Å². The van der Waals surface area contributed by atoms with Crippen LogP contribution in [0.15, 0.2) is 28.3 Å². The second kappa shape index (κ2) is 9.31. The second-order valence-corrected chi connectivity index (χ2v) is 7.29. The molecule has 1 aromatic carbocycles. The van der Waals surface area contributed by atoms with Gasteiger partial charge >= 0.3 is 0 Å². The fraction of sp³-hybridized carbons (Fsp3) is 0.316. The summed E-state index contributed by atoms with van der Waals surface area (Å²) in [5, 5.41) is 0.958. The zero-order chi connectivity index (χ0) is 21.8. The number of benzene rings is 1. The highest BCUT2D eigenvalue weighted by atomic mass is 35.5. The molecule has 0 fully saturated rings. The zero-order valence-electron chi connectivity index (χ0n) is 16.9. The number of carbonyl (C=O) groups is 1. The standard InChI is InChI=1S/C19H20ClN5O4S/c1-5-25(18(27)16-11(20)8-21-19(24-16)30-4)9-15-22-12-7-14(29-3)13(28-2)6-10(12)17(26)23-15/h6-8H,5,9H2,1-4H3,(H,22,23,26). The van der Waals surface area contributed by atoms with E-state index >= 15 is 0 Å². The van der Waals surface area contributed by atoms with Crippen LogP contribution in [0.5, 0.6) is 11.5 Å². The van der Waals surface area contributed by atoms with Gasteiger partial charge in [-0.15, -0.1) is 0 Å². The van der Waals surface area contributed by atoms with Crippen LogP contribution in [0.25, 0.3) is 10.9 Å². The molecule has 0 aliphatic heterocycles. The molecule has 2 heterocycles. The van der Waals surface area contributed by atoms with Gasteiger partial charge in [0.1, 0.15) is 5.82 Å². The van der Waals surface area contributed by atoms with Gasteiger partial charge in [0, 0.05) is 12.6 Å². The third-order valence-corrected chi connectivity index (χ3v) is 5.21. The molecule has 1 N–H and O–H groups in total. The van der Waals surface area contributed by atoms with Gasteiger partial charge < -0.3 is 19.4 Å². The number of thioether (sulfide) groups is 1. The van der Waals surface area contributed by atoms with E-state index in [-0.39, 0.29) is 28.7 Å². The van der Waals surface area contributed by atoms with E-state index in [0.29, 0.717) is 39.9 Å². The number of aromatic nitrogens is 4. The smallest absolute Gasteiger partial charge is 0.274 e. The van der Waals surface area contributed by atoms with Gasteiger partial charge in [-0.2, -0.15) is 0 Å². The van der Waals surface area contributed by atoms with Gasteiger partial charge in [-0.25, -0.2) is 15.0 Å². The van der Waals surface area contributed by atoms with Gasteiger partial charge in [0.2, 0.25) is 0 Å². The summed E-state index contributed by atoms with van der Waals surface area (Å²) < 4.78 is 10.5. The summed E-state index contributed by atoms with van der Waals surface area (Å²) in [6.07, 6.45) is 3.21. The van der Waals surface area contributed by atoms with Crippen LogP contribution in [-0.4, -0.2) is 57.8 Å². The average Bonchev–Trinajstić information content (AvgIpc) is 2.76. The van der Waals surface area contributed by atoms with Crippen molar-refractivity contribution < 1.29 is 14.3 Å². The number of methoxy groups -OCH3 is 2. The molecule has 158 valence electrons. The SMILES string of the molecule is CCN(Cc1nc2cc(OC)c(OC)cc2c(=O)[nH]1)C(=O)c1nc(SC)ncc1Cl. The van der Waals surface area contributed by atoms with E-state index in [1.807, 2.05) is 13.2 Å². The Labute approximate surface area is 181 Å². The molecule has 3 aromatic rings. The van der Waals surface area contributed by atoms with E-state index in [0.717, 1.165) is 0 Å². The maximum atomic E-state index is 13.0. The molecule has 0 radical (unpaired) electrons. The van der Waals surface area contributed by atoms with Crippen molar-refractivity contribution in [1.29, 1.82) is 0 Å². The molecule has 0 aliphatic rings. The maximum absolute atomic E-state index is 13.0. The van der Waals surface area contributed by atoms with Crippen LogP contribution in [0.1, 0.15) is 23.2 Å². The Morgan fingerprint density at radius 1 is 1.23 bits per heavy atom. The molecule has 0 atom stereocenters. The van der Waals surface area contributed by atoms with Crippen molar-refractivity contribution in [2.45, 2.75) is 18.6 Å². The van der Waals surface area contributed by atoms with E-state index in [1.165, 1.54) is 37.1 Å². The number of nitrogens with zero attached hydrogens (tertiary/aromatic N) is 4. The first-order valence-electron chi connectivity index (χ1n) is 8.92.